The van der Waals surface area contributed by atoms with Gasteiger partial charge in [-0.25, -0.2) is 4.79 Å². The van der Waals surface area contributed by atoms with Gasteiger partial charge in [0.05, 0.1) is 11.7 Å². The van der Waals surface area contributed by atoms with Gasteiger partial charge in [0.2, 0.25) is 0 Å². The molecule has 1 aliphatic carbocycles. The van der Waals surface area contributed by atoms with Gasteiger partial charge in [-0.2, -0.15) is 0 Å². The molecule has 72 valence electrons. The summed E-state index contributed by atoms with van der Waals surface area (Å²) in [6.45, 7) is 1.90. The Labute approximate surface area is 77.4 Å². The number of carbonyl (C=O) groups excluding carboxylic acids is 1. The molecule has 1 saturated heterocycles. The lowest BCUT2D eigenvalue weighted by molar-refractivity contribution is -0.149. The minimum atomic E-state index is -0.305. The molecule has 2 aliphatic rings. The minimum absolute atomic E-state index is 0.00662. The molecule has 0 aromatic heterocycles. The summed E-state index contributed by atoms with van der Waals surface area (Å²) in [6, 6.07) is 0. The summed E-state index contributed by atoms with van der Waals surface area (Å²) in [5.74, 6) is 0.194. The SMILES string of the molecule is C[C@@H]1C[C@H]2CCCC(O)=C2C(=O)O1. The Morgan fingerprint density at radius 2 is 2.31 bits per heavy atom. The molecule has 13 heavy (non-hydrogen) atoms. The van der Waals surface area contributed by atoms with Crippen LogP contribution in [0.3, 0.4) is 0 Å². The summed E-state index contributed by atoms with van der Waals surface area (Å²) >= 11 is 0. The second-order valence-electron chi connectivity index (χ2n) is 3.90. The first-order chi connectivity index (χ1) is 6.18. The van der Waals surface area contributed by atoms with Crippen molar-refractivity contribution in [1.82, 2.24) is 0 Å². The van der Waals surface area contributed by atoms with Crippen molar-refractivity contribution < 1.29 is 14.6 Å². The van der Waals surface area contributed by atoms with Gasteiger partial charge < -0.3 is 9.84 Å². The second kappa shape index (κ2) is 3.05. The van der Waals surface area contributed by atoms with Crippen LogP contribution < -0.4 is 0 Å². The zero-order valence-corrected chi connectivity index (χ0v) is 7.75. The molecule has 0 bridgehead atoms. The fraction of sp³-hybridized carbons (Fsp3) is 0.700. The summed E-state index contributed by atoms with van der Waals surface area (Å²) in [5, 5.41) is 9.54. The van der Waals surface area contributed by atoms with Crippen molar-refractivity contribution in [3.8, 4) is 0 Å². The predicted octanol–water partition coefficient (Wildman–Crippen LogP) is 1.93. The molecule has 0 saturated carbocycles. The van der Waals surface area contributed by atoms with E-state index in [1.807, 2.05) is 6.92 Å². The Hall–Kier alpha value is -0.990. The van der Waals surface area contributed by atoms with Gasteiger partial charge in [-0.05, 0) is 32.1 Å². The summed E-state index contributed by atoms with van der Waals surface area (Å²) in [7, 11) is 0. The molecule has 1 N–H and O–H groups in total. The van der Waals surface area contributed by atoms with Crippen molar-refractivity contribution in [2.45, 2.75) is 38.7 Å². The van der Waals surface area contributed by atoms with Crippen molar-refractivity contribution >= 4 is 5.97 Å². The van der Waals surface area contributed by atoms with E-state index >= 15 is 0 Å². The Kier molecular flexibility index (Phi) is 2.02. The number of aliphatic hydroxyl groups is 1. The van der Waals surface area contributed by atoms with E-state index in [0.29, 0.717) is 12.0 Å². The van der Waals surface area contributed by atoms with Gasteiger partial charge >= 0.3 is 5.97 Å². The number of cyclic esters (lactones) is 1. The number of aliphatic hydroxyl groups excluding tert-OH is 1. The highest BCUT2D eigenvalue weighted by Crippen LogP contribution is 2.36. The third kappa shape index (κ3) is 1.43. The predicted molar refractivity (Wildman–Crippen MR) is 47.2 cm³/mol. The van der Waals surface area contributed by atoms with Crippen molar-refractivity contribution in [2.75, 3.05) is 0 Å². The molecule has 1 fully saturated rings. The van der Waals surface area contributed by atoms with Crippen LogP contribution in [0.25, 0.3) is 0 Å². The molecular formula is C10H14O3. The molecule has 3 nitrogen and oxygen atoms in total. The van der Waals surface area contributed by atoms with Crippen molar-refractivity contribution in [1.29, 1.82) is 0 Å². The smallest absolute Gasteiger partial charge is 0.337 e. The van der Waals surface area contributed by atoms with E-state index in [2.05, 4.69) is 0 Å². The average Bonchev–Trinajstić information content (AvgIpc) is 2.02. The Balaban J connectivity index is 2.30. The van der Waals surface area contributed by atoms with E-state index in [1.54, 1.807) is 0 Å². The fourth-order valence-corrected chi connectivity index (χ4v) is 2.25. The monoisotopic (exact) mass is 182 g/mol. The zero-order valence-electron chi connectivity index (χ0n) is 7.75. The molecule has 2 atom stereocenters. The molecule has 0 unspecified atom stereocenters. The first-order valence-electron chi connectivity index (χ1n) is 4.81. The number of rotatable bonds is 0. The molecule has 3 heteroatoms. The van der Waals surface area contributed by atoms with Crippen LogP contribution in [0.2, 0.25) is 0 Å². The first-order valence-corrected chi connectivity index (χ1v) is 4.81. The number of ether oxygens (including phenoxy) is 1. The van der Waals surface area contributed by atoms with E-state index in [9.17, 15) is 9.90 Å². The van der Waals surface area contributed by atoms with Gasteiger partial charge in [-0.15, -0.1) is 0 Å². The molecule has 0 amide bonds. The maximum atomic E-state index is 11.4. The maximum Gasteiger partial charge on any atom is 0.337 e. The van der Waals surface area contributed by atoms with Gasteiger partial charge in [0.15, 0.2) is 0 Å². The highest BCUT2D eigenvalue weighted by atomic mass is 16.5. The number of carbonyl (C=O) groups is 1. The molecule has 1 aliphatic heterocycles. The summed E-state index contributed by atoms with van der Waals surface area (Å²) < 4.78 is 5.07. The van der Waals surface area contributed by atoms with Crippen LogP contribution in [-0.4, -0.2) is 17.2 Å². The summed E-state index contributed by atoms with van der Waals surface area (Å²) in [4.78, 5) is 11.4. The molecular weight excluding hydrogens is 168 g/mol. The number of fused-ring (bicyclic) bond motifs is 1. The van der Waals surface area contributed by atoms with Gasteiger partial charge in [0.1, 0.15) is 5.76 Å². The van der Waals surface area contributed by atoms with Gasteiger partial charge in [-0.3, -0.25) is 0 Å². The zero-order chi connectivity index (χ0) is 9.42. The van der Waals surface area contributed by atoms with Crippen molar-refractivity contribution in [3.05, 3.63) is 11.3 Å². The summed E-state index contributed by atoms with van der Waals surface area (Å²) in [6.07, 6.45) is 3.51. The van der Waals surface area contributed by atoms with Crippen LogP contribution in [-0.2, 0) is 9.53 Å². The third-order valence-electron chi connectivity index (χ3n) is 2.83. The molecule has 0 spiro atoms. The highest BCUT2D eigenvalue weighted by molar-refractivity contribution is 5.90. The molecule has 2 rings (SSSR count). The normalized spacial score (nSPS) is 34.1. The lowest BCUT2D eigenvalue weighted by Crippen LogP contribution is -2.32. The van der Waals surface area contributed by atoms with Crippen LogP contribution in [0.4, 0.5) is 0 Å². The van der Waals surface area contributed by atoms with Crippen molar-refractivity contribution in [2.24, 2.45) is 5.92 Å². The van der Waals surface area contributed by atoms with Gasteiger partial charge in [0, 0.05) is 6.42 Å². The molecule has 0 aromatic carbocycles. The topological polar surface area (TPSA) is 46.5 Å². The Morgan fingerprint density at radius 1 is 1.54 bits per heavy atom. The highest BCUT2D eigenvalue weighted by Gasteiger charge is 2.35. The van der Waals surface area contributed by atoms with E-state index in [-0.39, 0.29) is 23.8 Å². The fourth-order valence-electron chi connectivity index (χ4n) is 2.25. The van der Waals surface area contributed by atoms with E-state index < -0.39 is 0 Å². The Bertz CT molecular complexity index is 267. The van der Waals surface area contributed by atoms with Gasteiger partial charge in [-0.1, -0.05) is 0 Å². The minimum Gasteiger partial charge on any atom is -0.512 e. The molecule has 0 aromatic rings. The van der Waals surface area contributed by atoms with E-state index in [0.717, 1.165) is 19.3 Å². The van der Waals surface area contributed by atoms with E-state index in [1.165, 1.54) is 0 Å². The van der Waals surface area contributed by atoms with Crippen LogP contribution in [0.1, 0.15) is 32.6 Å². The lowest BCUT2D eigenvalue weighted by Gasteiger charge is -2.32. The standard InChI is InChI=1S/C10H14O3/c1-6-5-7-3-2-4-8(11)9(7)10(12)13-6/h6-7,11H,2-5H2,1H3/t6-,7-/m1/s1. The number of hydrogen-bond acceptors (Lipinski definition) is 3. The van der Waals surface area contributed by atoms with Crippen LogP contribution in [0, 0.1) is 5.92 Å². The number of esters is 1. The first kappa shape index (κ1) is 8.60. The van der Waals surface area contributed by atoms with Gasteiger partial charge in [0.25, 0.3) is 0 Å². The summed E-state index contributed by atoms with van der Waals surface area (Å²) in [5.41, 5.74) is 0.546. The van der Waals surface area contributed by atoms with Crippen molar-refractivity contribution in [3.63, 3.8) is 0 Å². The van der Waals surface area contributed by atoms with Crippen LogP contribution in [0.15, 0.2) is 11.3 Å². The maximum absolute atomic E-state index is 11.4. The number of allylic oxidation sites excluding steroid dienone is 1. The molecule has 1 heterocycles. The van der Waals surface area contributed by atoms with E-state index in [4.69, 9.17) is 4.74 Å². The largest absolute Gasteiger partial charge is 0.512 e. The quantitative estimate of drug-likeness (QED) is 0.582. The van der Waals surface area contributed by atoms with Crippen LogP contribution in [0.5, 0.6) is 0 Å². The lowest BCUT2D eigenvalue weighted by atomic mass is 9.81. The molecule has 0 radical (unpaired) electrons. The number of hydrogen-bond donors (Lipinski definition) is 1. The average molecular weight is 182 g/mol. The Morgan fingerprint density at radius 3 is 3.08 bits per heavy atom. The van der Waals surface area contributed by atoms with Crippen LogP contribution >= 0.6 is 0 Å². The second-order valence-corrected chi connectivity index (χ2v) is 3.90. The third-order valence-corrected chi connectivity index (χ3v) is 2.83.